The summed E-state index contributed by atoms with van der Waals surface area (Å²) in [6.07, 6.45) is 9.34. The van der Waals surface area contributed by atoms with Crippen molar-refractivity contribution in [3.8, 4) is 0 Å². The molecule has 0 saturated carbocycles. The van der Waals surface area contributed by atoms with E-state index in [-0.39, 0.29) is 0 Å². The Morgan fingerprint density at radius 1 is 0.895 bits per heavy atom. The molecule has 108 valence electrons. The van der Waals surface area contributed by atoms with Crippen molar-refractivity contribution in [2.24, 2.45) is 0 Å². The number of halogens is 3. The molecule has 0 fully saturated rings. The van der Waals surface area contributed by atoms with E-state index in [1.54, 1.807) is 0 Å². The van der Waals surface area contributed by atoms with Crippen molar-refractivity contribution in [1.29, 1.82) is 0 Å². The highest BCUT2D eigenvalue weighted by molar-refractivity contribution is 9.09. The van der Waals surface area contributed by atoms with Crippen molar-refractivity contribution in [3.63, 3.8) is 0 Å². The van der Waals surface area contributed by atoms with E-state index in [1.807, 2.05) is 30.0 Å². The molecule has 0 aliphatic heterocycles. The Morgan fingerprint density at radius 2 is 1.53 bits per heavy atom. The molecule has 1 aromatic carbocycles. The van der Waals surface area contributed by atoms with Gasteiger partial charge >= 0.3 is 0 Å². The molecule has 0 aliphatic rings. The number of unbranched alkanes of at least 4 members (excludes halogenated alkanes) is 6. The van der Waals surface area contributed by atoms with Crippen LogP contribution >= 0.6 is 50.9 Å². The molecule has 1 aromatic rings. The first-order chi connectivity index (χ1) is 9.24. The SMILES string of the molecule is Clc1ccc(Cl)c(SCCCCCCCCCBr)c1. The molecule has 0 atom stereocenters. The molecule has 4 heteroatoms. The first kappa shape index (κ1) is 17.7. The fraction of sp³-hybridized carbons (Fsp3) is 0.600. The largest absolute Gasteiger partial charge is 0.125 e. The quantitative estimate of drug-likeness (QED) is 0.233. The van der Waals surface area contributed by atoms with Crippen LogP contribution in [0.1, 0.15) is 44.9 Å². The smallest absolute Gasteiger partial charge is 0.0542 e. The predicted octanol–water partition coefficient (Wildman–Crippen LogP) is 7.21. The molecule has 0 amide bonds. The molecule has 0 aliphatic carbocycles. The Kier molecular flexibility index (Phi) is 10.5. The summed E-state index contributed by atoms with van der Waals surface area (Å²) in [5.41, 5.74) is 0. The normalized spacial score (nSPS) is 10.9. The van der Waals surface area contributed by atoms with Crippen LogP contribution in [0.2, 0.25) is 10.0 Å². The minimum absolute atomic E-state index is 0.763. The van der Waals surface area contributed by atoms with Crippen LogP contribution in [0.3, 0.4) is 0 Å². The third-order valence-corrected chi connectivity index (χ3v) is 5.31. The number of thioether (sulfide) groups is 1. The van der Waals surface area contributed by atoms with E-state index in [0.717, 1.165) is 26.0 Å². The van der Waals surface area contributed by atoms with Crippen molar-refractivity contribution >= 4 is 50.9 Å². The Balaban J connectivity index is 2.03. The predicted molar refractivity (Wildman–Crippen MR) is 93.3 cm³/mol. The van der Waals surface area contributed by atoms with Crippen molar-refractivity contribution < 1.29 is 0 Å². The lowest BCUT2D eigenvalue weighted by Gasteiger charge is -2.05. The maximum atomic E-state index is 6.12. The average molecular weight is 384 g/mol. The van der Waals surface area contributed by atoms with Gasteiger partial charge in [0.2, 0.25) is 0 Å². The summed E-state index contributed by atoms with van der Waals surface area (Å²) in [5, 5.41) is 2.71. The molecule has 0 unspecified atom stereocenters. The zero-order chi connectivity index (χ0) is 13.9. The van der Waals surface area contributed by atoms with Crippen molar-refractivity contribution in [2.45, 2.75) is 49.8 Å². The van der Waals surface area contributed by atoms with Gasteiger partial charge in [0.25, 0.3) is 0 Å². The van der Waals surface area contributed by atoms with Gasteiger partial charge in [-0.25, -0.2) is 0 Å². The van der Waals surface area contributed by atoms with Crippen LogP contribution in [0.25, 0.3) is 0 Å². The van der Waals surface area contributed by atoms with Gasteiger partial charge in [0, 0.05) is 15.2 Å². The highest BCUT2D eigenvalue weighted by Gasteiger charge is 2.01. The summed E-state index contributed by atoms with van der Waals surface area (Å²) < 4.78 is 0. The van der Waals surface area contributed by atoms with Gasteiger partial charge in [0.1, 0.15) is 0 Å². The highest BCUT2D eigenvalue weighted by atomic mass is 79.9. The van der Waals surface area contributed by atoms with Crippen molar-refractivity contribution in [1.82, 2.24) is 0 Å². The lowest BCUT2D eigenvalue weighted by atomic mass is 10.1. The van der Waals surface area contributed by atoms with Gasteiger partial charge in [-0.15, -0.1) is 11.8 Å². The maximum absolute atomic E-state index is 6.12. The van der Waals surface area contributed by atoms with E-state index >= 15 is 0 Å². The van der Waals surface area contributed by atoms with Gasteiger partial charge in [-0.05, 0) is 36.8 Å². The number of benzene rings is 1. The molecule has 19 heavy (non-hydrogen) atoms. The second-order valence-corrected chi connectivity index (χ2v) is 7.36. The van der Waals surface area contributed by atoms with Gasteiger partial charge in [-0.1, -0.05) is 71.2 Å². The molecular formula is C15H21BrCl2S. The number of hydrogen-bond donors (Lipinski definition) is 0. The summed E-state index contributed by atoms with van der Waals surface area (Å²) in [6.45, 7) is 0. The number of rotatable bonds is 10. The molecule has 0 bridgehead atoms. The second-order valence-electron chi connectivity index (χ2n) is 4.59. The zero-order valence-electron chi connectivity index (χ0n) is 11.1. The number of alkyl halides is 1. The van der Waals surface area contributed by atoms with Crippen LogP contribution in [0.5, 0.6) is 0 Å². The fourth-order valence-corrected chi connectivity index (χ4v) is 3.75. The van der Waals surface area contributed by atoms with Gasteiger partial charge in [0.05, 0.1) is 5.02 Å². The molecule has 0 saturated heterocycles. The highest BCUT2D eigenvalue weighted by Crippen LogP contribution is 2.30. The molecular weight excluding hydrogens is 363 g/mol. The van der Waals surface area contributed by atoms with E-state index in [0.29, 0.717) is 0 Å². The van der Waals surface area contributed by atoms with E-state index in [2.05, 4.69) is 15.9 Å². The lowest BCUT2D eigenvalue weighted by Crippen LogP contribution is -1.84. The lowest BCUT2D eigenvalue weighted by molar-refractivity contribution is 0.606. The summed E-state index contributed by atoms with van der Waals surface area (Å²) in [7, 11) is 0. The van der Waals surface area contributed by atoms with Gasteiger partial charge in [0.15, 0.2) is 0 Å². The van der Waals surface area contributed by atoms with Crippen LogP contribution < -0.4 is 0 Å². The fourth-order valence-electron chi connectivity index (χ4n) is 1.85. The first-order valence-electron chi connectivity index (χ1n) is 6.88. The average Bonchev–Trinajstić information content (AvgIpc) is 2.40. The summed E-state index contributed by atoms with van der Waals surface area (Å²) in [4.78, 5) is 1.10. The molecule has 0 N–H and O–H groups in total. The second kappa shape index (κ2) is 11.3. The van der Waals surface area contributed by atoms with E-state index in [1.165, 1.54) is 44.9 Å². The molecule has 0 nitrogen and oxygen atoms in total. The first-order valence-corrected chi connectivity index (χ1v) is 9.74. The van der Waals surface area contributed by atoms with Crippen molar-refractivity contribution in [3.05, 3.63) is 28.2 Å². The van der Waals surface area contributed by atoms with Gasteiger partial charge in [-0.2, -0.15) is 0 Å². The summed E-state index contributed by atoms with van der Waals surface area (Å²) in [6, 6.07) is 5.66. The van der Waals surface area contributed by atoms with Crippen LogP contribution in [0.4, 0.5) is 0 Å². The van der Waals surface area contributed by atoms with Gasteiger partial charge < -0.3 is 0 Å². The maximum Gasteiger partial charge on any atom is 0.0542 e. The minimum Gasteiger partial charge on any atom is -0.125 e. The topological polar surface area (TPSA) is 0 Å². The zero-order valence-corrected chi connectivity index (χ0v) is 15.1. The van der Waals surface area contributed by atoms with Crippen LogP contribution in [-0.2, 0) is 0 Å². The molecule has 0 heterocycles. The Bertz CT molecular complexity index is 358. The molecule has 0 radical (unpaired) electrons. The van der Waals surface area contributed by atoms with E-state index in [4.69, 9.17) is 23.2 Å². The minimum atomic E-state index is 0.763. The number of hydrogen-bond acceptors (Lipinski definition) is 1. The summed E-state index contributed by atoms with van der Waals surface area (Å²) >= 11 is 17.4. The van der Waals surface area contributed by atoms with Crippen LogP contribution in [0.15, 0.2) is 23.1 Å². The standard InChI is InChI=1S/C15H21BrCl2S/c16-10-6-4-2-1-3-5-7-11-19-15-12-13(17)8-9-14(15)18/h8-9,12H,1-7,10-11H2. The van der Waals surface area contributed by atoms with Gasteiger partial charge in [-0.3, -0.25) is 0 Å². The third-order valence-electron chi connectivity index (χ3n) is 2.93. The Morgan fingerprint density at radius 3 is 2.21 bits per heavy atom. The van der Waals surface area contributed by atoms with Crippen molar-refractivity contribution in [2.75, 3.05) is 11.1 Å². The monoisotopic (exact) mass is 382 g/mol. The Labute approximate surface area is 139 Å². The van der Waals surface area contributed by atoms with Crippen LogP contribution in [0, 0.1) is 0 Å². The molecule has 1 rings (SSSR count). The molecule has 0 aromatic heterocycles. The van der Waals surface area contributed by atoms with Crippen LogP contribution in [-0.4, -0.2) is 11.1 Å². The third kappa shape index (κ3) is 8.49. The Hall–Kier alpha value is 0.630. The van der Waals surface area contributed by atoms with E-state index < -0.39 is 0 Å². The summed E-state index contributed by atoms with van der Waals surface area (Å²) in [5.74, 6) is 1.13. The van der Waals surface area contributed by atoms with E-state index in [9.17, 15) is 0 Å². The molecule has 0 spiro atoms.